The molecule has 0 aromatic rings. The van der Waals surface area contributed by atoms with Crippen LogP contribution < -0.4 is 0 Å². The van der Waals surface area contributed by atoms with Crippen molar-refractivity contribution in [1.82, 2.24) is 0 Å². The number of rotatable bonds is 3. The van der Waals surface area contributed by atoms with Gasteiger partial charge in [0, 0.05) is 11.6 Å². The smallest absolute Gasteiger partial charge is 0.458 e. The maximum Gasteiger partial charge on any atom is 0.524 e. The molecule has 0 aromatic heterocycles. The first-order valence-electron chi connectivity index (χ1n) is 3.52. The third-order valence-electron chi connectivity index (χ3n) is 1.18. The van der Waals surface area contributed by atoms with Gasteiger partial charge < -0.3 is 14.2 Å². The molecule has 0 atom stereocenters. The molecule has 1 aliphatic heterocycles. The molecular formula is C8H8O5. The molecule has 70 valence electrons. The van der Waals surface area contributed by atoms with Crippen LogP contribution in [0.15, 0.2) is 24.2 Å². The first-order valence-corrected chi connectivity index (χ1v) is 3.52. The molecule has 5 nitrogen and oxygen atoms in total. The van der Waals surface area contributed by atoms with E-state index in [1.54, 1.807) is 0 Å². The highest BCUT2D eigenvalue weighted by atomic mass is 16.9. The van der Waals surface area contributed by atoms with E-state index in [1.807, 2.05) is 0 Å². The van der Waals surface area contributed by atoms with Crippen molar-refractivity contribution < 1.29 is 23.8 Å². The first-order chi connectivity index (χ1) is 6.09. The summed E-state index contributed by atoms with van der Waals surface area (Å²) < 4.78 is 13.4. The highest BCUT2D eigenvalue weighted by molar-refractivity contribution is 5.86. The molecule has 0 bridgehead atoms. The van der Waals surface area contributed by atoms with Crippen molar-refractivity contribution in [3.63, 3.8) is 0 Å². The van der Waals surface area contributed by atoms with Crippen LogP contribution in [0.3, 0.4) is 0 Å². The Morgan fingerprint density at radius 2 is 2.23 bits per heavy atom. The van der Waals surface area contributed by atoms with E-state index in [1.165, 1.54) is 13.0 Å². The van der Waals surface area contributed by atoms with E-state index in [4.69, 9.17) is 0 Å². The highest BCUT2D eigenvalue weighted by Gasteiger charge is 2.23. The molecule has 1 rings (SSSR count). The maximum atomic E-state index is 10.8. The molecule has 0 spiro atoms. The average molecular weight is 184 g/mol. The van der Waals surface area contributed by atoms with Gasteiger partial charge in [-0.3, -0.25) is 0 Å². The van der Waals surface area contributed by atoms with E-state index >= 15 is 0 Å². The SMILES string of the molecule is C=C(C)C(=O)OCC=C1OC(=O)O1. The third-order valence-corrected chi connectivity index (χ3v) is 1.18. The number of hydrogen-bond donors (Lipinski definition) is 0. The zero-order valence-electron chi connectivity index (χ0n) is 7.03. The van der Waals surface area contributed by atoms with Crippen molar-refractivity contribution in [3.05, 3.63) is 24.2 Å². The Morgan fingerprint density at radius 3 is 2.69 bits per heavy atom. The third kappa shape index (κ3) is 2.62. The molecule has 0 radical (unpaired) electrons. The fourth-order valence-corrected chi connectivity index (χ4v) is 0.564. The van der Waals surface area contributed by atoms with Crippen molar-refractivity contribution in [2.75, 3.05) is 6.61 Å². The summed E-state index contributed by atoms with van der Waals surface area (Å²) in [6, 6.07) is 0. The topological polar surface area (TPSA) is 61.8 Å². The number of esters is 1. The Morgan fingerprint density at radius 1 is 1.62 bits per heavy atom. The van der Waals surface area contributed by atoms with Crippen molar-refractivity contribution in [3.8, 4) is 0 Å². The minimum absolute atomic E-state index is 0.00565. The van der Waals surface area contributed by atoms with Gasteiger partial charge in [-0.25, -0.2) is 9.59 Å². The van der Waals surface area contributed by atoms with Crippen LogP contribution in [0.5, 0.6) is 0 Å². The van der Waals surface area contributed by atoms with Crippen molar-refractivity contribution in [2.24, 2.45) is 0 Å². The van der Waals surface area contributed by atoms with Crippen molar-refractivity contribution in [1.29, 1.82) is 0 Å². The standard InChI is InChI=1S/C8H8O5/c1-5(2)7(9)11-4-3-6-12-8(10)13-6/h3H,1,4H2,2H3. The second kappa shape index (κ2) is 3.75. The van der Waals surface area contributed by atoms with Gasteiger partial charge in [-0.05, 0) is 6.92 Å². The molecule has 0 aromatic carbocycles. The van der Waals surface area contributed by atoms with E-state index < -0.39 is 12.1 Å². The quantitative estimate of drug-likeness (QED) is 0.485. The molecule has 1 saturated heterocycles. The second-order valence-electron chi connectivity index (χ2n) is 2.36. The van der Waals surface area contributed by atoms with Gasteiger partial charge in [0.25, 0.3) is 5.95 Å². The summed E-state index contributed by atoms with van der Waals surface area (Å²) in [6.07, 6.45) is 0.583. The summed E-state index contributed by atoms with van der Waals surface area (Å²) in [5, 5.41) is 0. The lowest BCUT2D eigenvalue weighted by molar-refractivity contribution is -0.137. The van der Waals surface area contributed by atoms with Crippen LogP contribution in [0, 0.1) is 0 Å². The average Bonchev–Trinajstić information content (AvgIpc) is 2.00. The summed E-state index contributed by atoms with van der Waals surface area (Å²) >= 11 is 0. The fourth-order valence-electron chi connectivity index (χ4n) is 0.564. The number of hydrogen-bond acceptors (Lipinski definition) is 5. The highest BCUT2D eigenvalue weighted by Crippen LogP contribution is 2.13. The summed E-state index contributed by atoms with van der Waals surface area (Å²) in [4.78, 5) is 20.9. The number of carbonyl (C=O) groups excluding carboxylic acids is 2. The van der Waals surface area contributed by atoms with Gasteiger partial charge in [-0.2, -0.15) is 0 Å². The second-order valence-corrected chi connectivity index (χ2v) is 2.36. The predicted molar refractivity (Wildman–Crippen MR) is 41.4 cm³/mol. The summed E-state index contributed by atoms with van der Waals surface area (Å²) in [5.41, 5.74) is 0.310. The Hall–Kier alpha value is -1.78. The van der Waals surface area contributed by atoms with Crippen LogP contribution in [0.1, 0.15) is 6.92 Å². The zero-order valence-corrected chi connectivity index (χ0v) is 7.03. The van der Waals surface area contributed by atoms with Crippen LogP contribution in [0.2, 0.25) is 0 Å². The summed E-state index contributed by atoms with van der Waals surface area (Å²) in [7, 11) is 0. The van der Waals surface area contributed by atoms with E-state index in [-0.39, 0.29) is 12.6 Å². The van der Waals surface area contributed by atoms with E-state index in [0.717, 1.165) is 0 Å². The first kappa shape index (κ1) is 9.31. The summed E-state index contributed by atoms with van der Waals surface area (Å²) in [5.74, 6) is -0.443. The largest absolute Gasteiger partial charge is 0.524 e. The van der Waals surface area contributed by atoms with Crippen molar-refractivity contribution in [2.45, 2.75) is 6.92 Å². The lowest BCUT2D eigenvalue weighted by Gasteiger charge is -2.14. The Kier molecular flexibility index (Phi) is 2.69. The van der Waals surface area contributed by atoms with E-state index in [9.17, 15) is 9.59 Å². The number of ether oxygens (including phenoxy) is 3. The number of cyclic esters (lactones) is 2. The Labute approximate surface area is 74.6 Å². The Balaban J connectivity index is 2.21. The zero-order chi connectivity index (χ0) is 9.84. The fraction of sp³-hybridized carbons (Fsp3) is 0.250. The Bertz CT molecular complexity index is 279. The maximum absolute atomic E-state index is 10.8. The summed E-state index contributed by atoms with van der Waals surface area (Å²) in [6.45, 7) is 4.92. The van der Waals surface area contributed by atoms with Crippen molar-refractivity contribution >= 4 is 12.1 Å². The minimum Gasteiger partial charge on any atom is -0.458 e. The van der Waals surface area contributed by atoms with E-state index in [2.05, 4.69) is 20.8 Å². The normalized spacial score (nSPS) is 13.6. The van der Waals surface area contributed by atoms with Gasteiger partial charge >= 0.3 is 12.1 Å². The van der Waals surface area contributed by atoms with Gasteiger partial charge in [-0.1, -0.05) is 6.58 Å². The molecule has 13 heavy (non-hydrogen) atoms. The van der Waals surface area contributed by atoms with Crippen LogP contribution in [0.25, 0.3) is 0 Å². The van der Waals surface area contributed by atoms with Gasteiger partial charge in [0.2, 0.25) is 0 Å². The molecule has 5 heteroatoms. The lowest BCUT2D eigenvalue weighted by Crippen LogP contribution is -2.20. The lowest BCUT2D eigenvalue weighted by atomic mass is 10.4. The van der Waals surface area contributed by atoms with Crippen LogP contribution >= 0.6 is 0 Å². The predicted octanol–water partition coefficient (Wildman–Crippen LogP) is 1.11. The minimum atomic E-state index is -0.752. The van der Waals surface area contributed by atoms with Gasteiger partial charge in [0.15, 0.2) is 0 Å². The van der Waals surface area contributed by atoms with Crippen LogP contribution in [0.4, 0.5) is 4.79 Å². The van der Waals surface area contributed by atoms with E-state index in [0.29, 0.717) is 5.57 Å². The number of carbonyl (C=O) groups is 2. The van der Waals surface area contributed by atoms with Crippen LogP contribution in [-0.4, -0.2) is 18.7 Å². The monoisotopic (exact) mass is 184 g/mol. The van der Waals surface area contributed by atoms with Gasteiger partial charge in [0.05, 0.1) is 0 Å². The molecule has 1 fully saturated rings. The molecule has 1 aliphatic rings. The molecule has 0 saturated carbocycles. The van der Waals surface area contributed by atoms with Gasteiger partial charge in [0.1, 0.15) is 6.61 Å². The molecule has 1 heterocycles. The molecule has 0 amide bonds. The van der Waals surface area contributed by atoms with Crippen LogP contribution in [-0.2, 0) is 19.0 Å². The molecular weight excluding hydrogens is 176 g/mol. The molecule has 0 aliphatic carbocycles. The molecule has 0 N–H and O–H groups in total. The van der Waals surface area contributed by atoms with Gasteiger partial charge in [-0.15, -0.1) is 0 Å². The molecule has 0 unspecified atom stereocenters.